The van der Waals surface area contributed by atoms with Gasteiger partial charge in [0.1, 0.15) is 11.6 Å². The Hall–Kier alpha value is -3.62. The Labute approximate surface area is 284 Å². The number of ether oxygens (including phenoxy) is 2. The summed E-state index contributed by atoms with van der Waals surface area (Å²) in [5.41, 5.74) is 0.327. The molecule has 0 saturated carbocycles. The smallest absolute Gasteiger partial charge is 0.290 e. The monoisotopic (exact) mass is 674 g/mol. The standard InChI is InChI=1S/C33H53FN8O3.CH2O2/c1-9-42(24(4)5)31(43)26-19-25(34)12-13-28(26)45-30-29(36-32(35-6)38-37-30)40-16-14-33(20-40)21-41(22-33)27(23(2)3)11-10-15-39(7)17-18-44-8;2-1-3/h12-13,19,23-24,27H,9-11,14-18,20-22H2,1-8H3,(H,35,36,38);1H,(H,2,3). The average Bonchev–Trinajstić information content (AvgIpc) is 3.48. The molecule has 14 heteroatoms. The van der Waals surface area contributed by atoms with Crippen LogP contribution in [0.3, 0.4) is 0 Å². The second-order valence-electron chi connectivity index (χ2n) is 13.4. The third-order valence-electron chi connectivity index (χ3n) is 9.24. The van der Waals surface area contributed by atoms with Gasteiger partial charge in [-0.05, 0) is 77.7 Å². The van der Waals surface area contributed by atoms with Gasteiger partial charge in [0.25, 0.3) is 18.3 Å². The Morgan fingerprint density at radius 1 is 1.19 bits per heavy atom. The zero-order chi connectivity index (χ0) is 35.4. The van der Waals surface area contributed by atoms with Gasteiger partial charge in [-0.15, -0.1) is 10.2 Å². The highest BCUT2D eigenvalue weighted by Crippen LogP contribution is 2.45. The fraction of sp³-hybridized carbons (Fsp3) is 0.676. The Bertz CT molecular complexity index is 1330. The number of nitrogens with one attached hydrogen (secondary N) is 1. The zero-order valence-electron chi connectivity index (χ0n) is 29.9. The summed E-state index contributed by atoms with van der Waals surface area (Å²) in [4.78, 5) is 35.4. The van der Waals surface area contributed by atoms with Crippen LogP contribution in [0.5, 0.6) is 11.6 Å². The van der Waals surface area contributed by atoms with Gasteiger partial charge >= 0.3 is 0 Å². The topological polar surface area (TPSA) is 136 Å². The summed E-state index contributed by atoms with van der Waals surface area (Å²) in [6.07, 6.45) is 3.39. The third-order valence-corrected chi connectivity index (χ3v) is 9.24. The van der Waals surface area contributed by atoms with Gasteiger partial charge in [-0.1, -0.05) is 13.8 Å². The van der Waals surface area contributed by atoms with Crippen molar-refractivity contribution in [2.75, 3.05) is 83.8 Å². The van der Waals surface area contributed by atoms with Crippen LogP contribution in [0.4, 0.5) is 16.2 Å². The number of aromatic nitrogens is 3. The molecule has 1 amide bonds. The maximum atomic E-state index is 14.4. The molecule has 2 aliphatic heterocycles. The van der Waals surface area contributed by atoms with Crippen LogP contribution in [-0.4, -0.2) is 133 Å². The van der Waals surface area contributed by atoms with Gasteiger partial charge in [0, 0.05) is 70.9 Å². The number of amides is 1. The van der Waals surface area contributed by atoms with E-state index in [0.717, 1.165) is 52.3 Å². The van der Waals surface area contributed by atoms with Crippen molar-refractivity contribution in [2.24, 2.45) is 11.3 Å². The van der Waals surface area contributed by atoms with Crippen molar-refractivity contribution in [2.45, 2.75) is 66.0 Å². The molecule has 3 heterocycles. The number of benzene rings is 1. The van der Waals surface area contributed by atoms with Crippen LogP contribution in [0.25, 0.3) is 0 Å². The molecule has 268 valence electrons. The lowest BCUT2D eigenvalue weighted by molar-refractivity contribution is -0.122. The highest BCUT2D eigenvalue weighted by atomic mass is 19.1. The summed E-state index contributed by atoms with van der Waals surface area (Å²) >= 11 is 0. The minimum Gasteiger partial charge on any atom is -0.483 e. The number of halogens is 1. The molecule has 1 atom stereocenters. The SMILES string of the molecule is CCN(C(=O)c1cc(F)ccc1Oc1nnc(NC)nc1N1CCC2(C1)CN(C(CCCN(C)CCOC)C(C)C)C2)C(C)C.O=CO. The van der Waals surface area contributed by atoms with Gasteiger partial charge < -0.3 is 34.6 Å². The van der Waals surface area contributed by atoms with E-state index in [2.05, 4.69) is 51.1 Å². The highest BCUT2D eigenvalue weighted by Gasteiger charge is 2.50. The van der Waals surface area contributed by atoms with Gasteiger partial charge in [-0.2, -0.15) is 4.98 Å². The summed E-state index contributed by atoms with van der Waals surface area (Å²) in [6, 6.07) is 4.49. The molecule has 2 fully saturated rings. The molecule has 48 heavy (non-hydrogen) atoms. The maximum Gasteiger partial charge on any atom is 0.290 e. The summed E-state index contributed by atoms with van der Waals surface area (Å²) < 4.78 is 25.8. The Kier molecular flexibility index (Phi) is 14.7. The van der Waals surface area contributed by atoms with E-state index in [-0.39, 0.29) is 41.0 Å². The molecule has 2 N–H and O–H groups in total. The molecular weight excluding hydrogens is 619 g/mol. The van der Waals surface area contributed by atoms with Gasteiger partial charge in [0.2, 0.25) is 5.95 Å². The van der Waals surface area contributed by atoms with E-state index in [1.165, 1.54) is 31.0 Å². The molecule has 4 rings (SSSR count). The summed E-state index contributed by atoms with van der Waals surface area (Å²) in [6.45, 7) is 17.2. The van der Waals surface area contributed by atoms with Gasteiger partial charge in [-0.25, -0.2) is 4.39 Å². The van der Waals surface area contributed by atoms with E-state index in [9.17, 15) is 9.18 Å². The number of hydrogen-bond donors (Lipinski definition) is 2. The van der Waals surface area contributed by atoms with Crippen LogP contribution < -0.4 is 15.0 Å². The first kappa shape index (κ1) is 38.8. The number of rotatable bonds is 16. The molecule has 1 aromatic carbocycles. The fourth-order valence-corrected chi connectivity index (χ4v) is 6.74. The lowest BCUT2D eigenvalue weighted by atomic mass is 9.76. The Morgan fingerprint density at radius 2 is 1.90 bits per heavy atom. The van der Waals surface area contributed by atoms with Crippen LogP contribution in [-0.2, 0) is 9.53 Å². The first-order valence-electron chi connectivity index (χ1n) is 16.9. The van der Waals surface area contributed by atoms with Crippen LogP contribution >= 0.6 is 0 Å². The van der Waals surface area contributed by atoms with Crippen LogP contribution in [0.15, 0.2) is 18.2 Å². The van der Waals surface area contributed by atoms with E-state index in [4.69, 9.17) is 24.4 Å². The largest absolute Gasteiger partial charge is 0.483 e. The Balaban J connectivity index is 0.00000201. The molecule has 0 aliphatic carbocycles. The maximum absolute atomic E-state index is 14.4. The first-order chi connectivity index (χ1) is 22.9. The molecule has 1 aromatic heterocycles. The molecule has 2 aromatic rings. The number of anilines is 2. The van der Waals surface area contributed by atoms with E-state index >= 15 is 0 Å². The quantitative estimate of drug-likeness (QED) is 0.246. The molecule has 13 nitrogen and oxygen atoms in total. The molecular formula is C34H55FN8O5. The van der Waals surface area contributed by atoms with E-state index in [0.29, 0.717) is 30.3 Å². The lowest BCUT2D eigenvalue weighted by Gasteiger charge is -2.53. The number of carbonyl (C=O) groups is 2. The zero-order valence-corrected chi connectivity index (χ0v) is 29.9. The van der Waals surface area contributed by atoms with Gasteiger partial charge in [0.15, 0.2) is 5.82 Å². The van der Waals surface area contributed by atoms with Crippen molar-refractivity contribution in [1.82, 2.24) is 29.9 Å². The predicted octanol–water partition coefficient (Wildman–Crippen LogP) is 4.31. The molecule has 1 spiro atoms. The summed E-state index contributed by atoms with van der Waals surface area (Å²) in [7, 11) is 5.66. The van der Waals surface area contributed by atoms with Crippen molar-refractivity contribution in [3.63, 3.8) is 0 Å². The second kappa shape index (κ2) is 18.2. The number of likely N-dealkylation sites (tertiary alicyclic amines) is 1. The van der Waals surface area contributed by atoms with Crippen LogP contribution in [0, 0.1) is 17.2 Å². The number of hydrogen-bond acceptors (Lipinski definition) is 11. The van der Waals surface area contributed by atoms with E-state index in [1.807, 2.05) is 20.8 Å². The van der Waals surface area contributed by atoms with Crippen LogP contribution in [0.1, 0.15) is 64.2 Å². The van der Waals surface area contributed by atoms with Gasteiger partial charge in [-0.3, -0.25) is 14.5 Å². The molecule has 2 saturated heterocycles. The molecule has 0 bridgehead atoms. The van der Waals surface area contributed by atoms with Crippen LogP contribution in [0.2, 0.25) is 0 Å². The average molecular weight is 675 g/mol. The number of nitrogens with zero attached hydrogens (tertiary/aromatic N) is 7. The van der Waals surface area contributed by atoms with Crippen molar-refractivity contribution < 1.29 is 28.6 Å². The fourth-order valence-electron chi connectivity index (χ4n) is 6.74. The number of likely N-dealkylation sites (N-methyl/N-ethyl adjacent to an activating group) is 1. The highest BCUT2D eigenvalue weighted by molar-refractivity contribution is 5.97. The molecule has 2 aliphatic rings. The number of methoxy groups -OCH3 is 1. The summed E-state index contributed by atoms with van der Waals surface area (Å²) in [5, 5.41) is 18.4. The first-order valence-corrected chi connectivity index (χ1v) is 16.9. The predicted molar refractivity (Wildman–Crippen MR) is 184 cm³/mol. The van der Waals surface area contributed by atoms with Gasteiger partial charge in [0.05, 0.1) is 12.2 Å². The number of carboxylic acid groups (broad SMARTS) is 1. The van der Waals surface area contributed by atoms with E-state index < -0.39 is 5.82 Å². The minimum atomic E-state index is -0.505. The van der Waals surface area contributed by atoms with Crippen molar-refractivity contribution >= 4 is 24.1 Å². The molecule has 0 radical (unpaired) electrons. The van der Waals surface area contributed by atoms with Crippen molar-refractivity contribution in [3.8, 4) is 11.6 Å². The van der Waals surface area contributed by atoms with Crippen molar-refractivity contribution in [3.05, 3.63) is 29.6 Å². The Morgan fingerprint density at radius 3 is 2.50 bits per heavy atom. The van der Waals surface area contributed by atoms with Crippen molar-refractivity contribution in [1.29, 1.82) is 0 Å². The summed E-state index contributed by atoms with van der Waals surface area (Å²) in [5.74, 6) is 1.17. The second-order valence-corrected chi connectivity index (χ2v) is 13.4. The van der Waals surface area contributed by atoms with E-state index in [1.54, 1.807) is 19.1 Å². The number of carbonyl (C=O) groups excluding carboxylic acids is 1. The molecule has 1 unspecified atom stereocenters. The third kappa shape index (κ3) is 9.95. The lowest BCUT2D eigenvalue weighted by Crippen LogP contribution is -2.62. The minimum absolute atomic E-state index is 0.0501. The normalized spacial score (nSPS) is 16.1.